The van der Waals surface area contributed by atoms with Gasteiger partial charge < -0.3 is 19.5 Å². The average molecular weight is 392 g/mol. The minimum absolute atomic E-state index is 0.159. The fourth-order valence-electron chi connectivity index (χ4n) is 2.61. The summed E-state index contributed by atoms with van der Waals surface area (Å²) in [5.74, 6) is -0.147. The number of para-hydroxylation sites is 1. The van der Waals surface area contributed by atoms with Gasteiger partial charge in [0.25, 0.3) is 5.91 Å². The zero-order valence-electron chi connectivity index (χ0n) is 15.5. The molecule has 0 radical (unpaired) electrons. The van der Waals surface area contributed by atoms with Crippen LogP contribution in [-0.4, -0.2) is 48.7 Å². The number of amides is 1. The number of likely N-dealkylation sites (N-methyl/N-ethyl adjacent to an activating group) is 1. The third-order valence-corrected chi connectivity index (χ3v) is 4.23. The maximum atomic E-state index is 12.6. The van der Waals surface area contributed by atoms with Crippen molar-refractivity contribution in [1.82, 2.24) is 4.90 Å². The second-order valence-corrected chi connectivity index (χ2v) is 6.53. The van der Waals surface area contributed by atoms with Gasteiger partial charge in [-0.1, -0.05) is 23.7 Å². The molecule has 0 saturated heterocycles. The van der Waals surface area contributed by atoms with Gasteiger partial charge in [0.05, 0.1) is 11.6 Å². The number of rotatable bonds is 8. The quantitative estimate of drug-likeness (QED) is 0.744. The standard InChI is InChI=1S/C20H22ClNO5/c1-13-10-15(11-14(2)19(13)27-12-18(23)24)20(25)22(3)8-9-26-17-7-5-4-6-16(17)21/h4-7,10-11H,8-9,12H2,1-3H3,(H,23,24). The molecule has 2 rings (SSSR count). The Labute approximate surface area is 163 Å². The van der Waals surface area contributed by atoms with Crippen molar-refractivity contribution in [2.75, 3.05) is 26.8 Å². The van der Waals surface area contributed by atoms with Gasteiger partial charge in [0.2, 0.25) is 0 Å². The van der Waals surface area contributed by atoms with Gasteiger partial charge in [-0.15, -0.1) is 0 Å². The molecule has 0 spiro atoms. The molecular weight excluding hydrogens is 370 g/mol. The van der Waals surface area contributed by atoms with Crippen molar-refractivity contribution < 1.29 is 24.2 Å². The van der Waals surface area contributed by atoms with E-state index in [2.05, 4.69) is 0 Å². The molecule has 1 N–H and O–H groups in total. The number of hydrogen-bond donors (Lipinski definition) is 1. The number of carboxylic acids is 1. The molecule has 2 aromatic carbocycles. The maximum absolute atomic E-state index is 12.6. The van der Waals surface area contributed by atoms with Gasteiger partial charge >= 0.3 is 5.97 Å². The van der Waals surface area contributed by atoms with Gasteiger partial charge in [0.15, 0.2) is 6.61 Å². The van der Waals surface area contributed by atoms with E-state index in [4.69, 9.17) is 26.2 Å². The van der Waals surface area contributed by atoms with Crippen LogP contribution < -0.4 is 9.47 Å². The molecule has 0 bridgehead atoms. The van der Waals surface area contributed by atoms with E-state index in [1.54, 1.807) is 50.1 Å². The Balaban J connectivity index is 1.99. The minimum Gasteiger partial charge on any atom is -0.490 e. The highest BCUT2D eigenvalue weighted by atomic mass is 35.5. The van der Waals surface area contributed by atoms with E-state index in [0.717, 1.165) is 0 Å². The summed E-state index contributed by atoms with van der Waals surface area (Å²) in [7, 11) is 1.69. The van der Waals surface area contributed by atoms with Crippen molar-refractivity contribution in [3.8, 4) is 11.5 Å². The van der Waals surface area contributed by atoms with Crippen LogP contribution in [0.2, 0.25) is 5.02 Å². The first-order valence-electron chi connectivity index (χ1n) is 8.38. The van der Waals surface area contributed by atoms with Crippen LogP contribution in [0.3, 0.4) is 0 Å². The first-order chi connectivity index (χ1) is 12.8. The Morgan fingerprint density at radius 3 is 2.33 bits per heavy atom. The number of aryl methyl sites for hydroxylation is 2. The van der Waals surface area contributed by atoms with E-state index in [1.165, 1.54) is 0 Å². The van der Waals surface area contributed by atoms with E-state index >= 15 is 0 Å². The third-order valence-electron chi connectivity index (χ3n) is 3.91. The van der Waals surface area contributed by atoms with Crippen LogP contribution >= 0.6 is 11.6 Å². The zero-order valence-corrected chi connectivity index (χ0v) is 16.2. The summed E-state index contributed by atoms with van der Waals surface area (Å²) in [6.45, 7) is 3.83. The number of benzene rings is 2. The number of carbonyl (C=O) groups is 2. The molecule has 0 fully saturated rings. The van der Waals surface area contributed by atoms with Crippen LogP contribution in [0.25, 0.3) is 0 Å². The Kier molecular flexibility index (Phi) is 7.07. The summed E-state index contributed by atoms with van der Waals surface area (Å²) in [6.07, 6.45) is 0. The highest BCUT2D eigenvalue weighted by Gasteiger charge is 2.16. The number of halogens is 1. The van der Waals surface area contributed by atoms with Crippen molar-refractivity contribution in [1.29, 1.82) is 0 Å². The molecule has 0 aliphatic rings. The van der Waals surface area contributed by atoms with Crippen molar-refractivity contribution in [3.63, 3.8) is 0 Å². The lowest BCUT2D eigenvalue weighted by atomic mass is 10.0. The zero-order chi connectivity index (χ0) is 20.0. The van der Waals surface area contributed by atoms with E-state index in [-0.39, 0.29) is 5.91 Å². The molecule has 0 aromatic heterocycles. The monoisotopic (exact) mass is 391 g/mol. The van der Waals surface area contributed by atoms with Crippen LogP contribution in [0.15, 0.2) is 36.4 Å². The van der Waals surface area contributed by atoms with E-state index in [0.29, 0.717) is 46.4 Å². The van der Waals surface area contributed by atoms with E-state index in [9.17, 15) is 9.59 Å². The molecule has 0 heterocycles. The lowest BCUT2D eigenvalue weighted by Crippen LogP contribution is -2.31. The predicted octanol–water partition coefficient (Wildman–Crippen LogP) is 3.57. The molecule has 1 amide bonds. The van der Waals surface area contributed by atoms with Gasteiger partial charge in [0.1, 0.15) is 18.1 Å². The van der Waals surface area contributed by atoms with Gasteiger partial charge in [-0.2, -0.15) is 0 Å². The molecule has 6 nitrogen and oxygen atoms in total. The van der Waals surface area contributed by atoms with Gasteiger partial charge in [-0.25, -0.2) is 4.79 Å². The second-order valence-electron chi connectivity index (χ2n) is 6.13. The molecule has 0 aliphatic carbocycles. The van der Waals surface area contributed by atoms with Crippen LogP contribution in [-0.2, 0) is 4.79 Å². The van der Waals surface area contributed by atoms with Crippen LogP contribution in [0.4, 0.5) is 0 Å². The molecular formula is C20H22ClNO5. The van der Waals surface area contributed by atoms with Gasteiger partial charge in [-0.05, 0) is 49.2 Å². The largest absolute Gasteiger partial charge is 0.490 e. The predicted molar refractivity (Wildman–Crippen MR) is 103 cm³/mol. The summed E-state index contributed by atoms with van der Waals surface area (Å²) in [6, 6.07) is 10.5. The van der Waals surface area contributed by atoms with Crippen LogP contribution in [0.1, 0.15) is 21.5 Å². The van der Waals surface area contributed by atoms with Gasteiger partial charge in [0, 0.05) is 12.6 Å². The average Bonchev–Trinajstić information content (AvgIpc) is 2.61. The fraction of sp³-hybridized carbons (Fsp3) is 0.300. The molecule has 0 saturated carbocycles. The summed E-state index contributed by atoms with van der Waals surface area (Å²) in [4.78, 5) is 24.9. The topological polar surface area (TPSA) is 76.1 Å². The number of carboxylic acid groups (broad SMARTS) is 1. The van der Waals surface area contributed by atoms with E-state index in [1.807, 2.05) is 12.1 Å². The van der Waals surface area contributed by atoms with E-state index < -0.39 is 12.6 Å². The summed E-state index contributed by atoms with van der Waals surface area (Å²) in [5, 5.41) is 9.27. The summed E-state index contributed by atoms with van der Waals surface area (Å²) >= 11 is 6.04. The third kappa shape index (κ3) is 5.62. The van der Waals surface area contributed by atoms with Crippen molar-refractivity contribution in [2.24, 2.45) is 0 Å². The van der Waals surface area contributed by atoms with Crippen molar-refractivity contribution in [2.45, 2.75) is 13.8 Å². The first-order valence-corrected chi connectivity index (χ1v) is 8.76. The normalized spacial score (nSPS) is 10.4. The number of aliphatic carboxylic acids is 1. The lowest BCUT2D eigenvalue weighted by Gasteiger charge is -2.19. The molecule has 144 valence electrons. The van der Waals surface area contributed by atoms with Crippen molar-refractivity contribution >= 4 is 23.5 Å². The molecule has 2 aromatic rings. The number of ether oxygens (including phenoxy) is 2. The molecule has 7 heteroatoms. The second kappa shape index (κ2) is 9.28. The highest BCUT2D eigenvalue weighted by Crippen LogP contribution is 2.26. The molecule has 0 aliphatic heterocycles. The Bertz CT molecular complexity index is 814. The Hall–Kier alpha value is -2.73. The van der Waals surface area contributed by atoms with Crippen molar-refractivity contribution in [3.05, 3.63) is 58.1 Å². The summed E-state index contributed by atoms with van der Waals surface area (Å²) in [5.41, 5.74) is 1.92. The van der Waals surface area contributed by atoms with Crippen LogP contribution in [0.5, 0.6) is 11.5 Å². The number of hydrogen-bond acceptors (Lipinski definition) is 4. The first kappa shape index (κ1) is 20.6. The lowest BCUT2D eigenvalue weighted by molar-refractivity contribution is -0.139. The smallest absolute Gasteiger partial charge is 0.341 e. The molecule has 27 heavy (non-hydrogen) atoms. The van der Waals surface area contributed by atoms with Gasteiger partial charge in [-0.3, -0.25) is 4.79 Å². The maximum Gasteiger partial charge on any atom is 0.341 e. The van der Waals surface area contributed by atoms with Crippen LogP contribution in [0, 0.1) is 13.8 Å². The molecule has 0 unspecified atom stereocenters. The molecule has 0 atom stereocenters. The summed E-state index contributed by atoms with van der Waals surface area (Å²) < 4.78 is 10.9. The Morgan fingerprint density at radius 2 is 1.74 bits per heavy atom. The number of nitrogens with zero attached hydrogens (tertiary/aromatic N) is 1. The fourth-order valence-corrected chi connectivity index (χ4v) is 2.80. The SMILES string of the molecule is Cc1cc(C(=O)N(C)CCOc2ccccc2Cl)cc(C)c1OCC(=O)O. The number of carbonyl (C=O) groups excluding carboxylic acids is 1. The minimum atomic E-state index is -1.05. The highest BCUT2D eigenvalue weighted by molar-refractivity contribution is 6.32. The Morgan fingerprint density at radius 1 is 1.11 bits per heavy atom.